The van der Waals surface area contributed by atoms with Crippen molar-refractivity contribution in [3.8, 4) is 0 Å². The zero-order valence-corrected chi connectivity index (χ0v) is 14.5. The Morgan fingerprint density at radius 2 is 2.32 bits per heavy atom. The number of hydrogen-bond donors (Lipinski definition) is 1. The standard InChI is InChI=1S/C20H23N3O2/c1-14-6-8-17-18(12-14)22-20(21-17)15-4-2-10-23(13-15)19(24)9-7-16-5-3-11-25-16/h3,5-6,8,11-12,15H,2,4,7,9-10,13H2,1H3,(H,21,22)/t15-/m0/s1. The topological polar surface area (TPSA) is 62.1 Å². The number of amides is 1. The minimum atomic E-state index is 0.202. The van der Waals surface area contributed by atoms with Crippen molar-refractivity contribution in [1.29, 1.82) is 0 Å². The van der Waals surface area contributed by atoms with Gasteiger partial charge in [0.05, 0.1) is 17.3 Å². The first-order chi connectivity index (χ1) is 12.2. The zero-order valence-electron chi connectivity index (χ0n) is 14.5. The summed E-state index contributed by atoms with van der Waals surface area (Å²) < 4.78 is 5.32. The molecular weight excluding hydrogens is 314 g/mol. The van der Waals surface area contributed by atoms with Crippen molar-refractivity contribution in [2.75, 3.05) is 13.1 Å². The minimum absolute atomic E-state index is 0.202. The number of nitrogens with one attached hydrogen (secondary N) is 1. The van der Waals surface area contributed by atoms with Crippen LogP contribution in [0.15, 0.2) is 41.0 Å². The van der Waals surface area contributed by atoms with Crippen LogP contribution in [0.25, 0.3) is 11.0 Å². The lowest BCUT2D eigenvalue weighted by Gasteiger charge is -2.32. The molecule has 3 heterocycles. The van der Waals surface area contributed by atoms with E-state index in [1.807, 2.05) is 17.0 Å². The Morgan fingerprint density at radius 3 is 3.16 bits per heavy atom. The fourth-order valence-electron chi connectivity index (χ4n) is 3.61. The molecule has 0 radical (unpaired) electrons. The number of furan rings is 1. The van der Waals surface area contributed by atoms with Crippen LogP contribution in [-0.2, 0) is 11.2 Å². The number of likely N-dealkylation sites (tertiary alicyclic amines) is 1. The lowest BCUT2D eigenvalue weighted by molar-refractivity contribution is -0.132. The van der Waals surface area contributed by atoms with Gasteiger partial charge < -0.3 is 14.3 Å². The van der Waals surface area contributed by atoms with Gasteiger partial charge >= 0.3 is 0 Å². The third-order valence-corrected chi connectivity index (χ3v) is 4.98. The molecule has 1 atom stereocenters. The summed E-state index contributed by atoms with van der Waals surface area (Å²) in [5.41, 5.74) is 3.30. The van der Waals surface area contributed by atoms with Crippen LogP contribution >= 0.6 is 0 Å². The smallest absolute Gasteiger partial charge is 0.223 e. The summed E-state index contributed by atoms with van der Waals surface area (Å²) in [5, 5.41) is 0. The van der Waals surface area contributed by atoms with Crippen molar-refractivity contribution in [2.45, 2.75) is 38.5 Å². The van der Waals surface area contributed by atoms with Gasteiger partial charge in [0.2, 0.25) is 5.91 Å². The van der Waals surface area contributed by atoms with E-state index in [1.165, 1.54) is 5.56 Å². The van der Waals surface area contributed by atoms with Gasteiger partial charge in [-0.15, -0.1) is 0 Å². The molecule has 1 aromatic carbocycles. The van der Waals surface area contributed by atoms with Gasteiger partial charge in [-0.3, -0.25) is 4.79 Å². The monoisotopic (exact) mass is 337 g/mol. The number of rotatable bonds is 4. The molecule has 130 valence electrons. The lowest BCUT2D eigenvalue weighted by atomic mass is 9.97. The Morgan fingerprint density at radius 1 is 1.40 bits per heavy atom. The largest absolute Gasteiger partial charge is 0.469 e. The maximum atomic E-state index is 12.5. The molecule has 1 amide bonds. The van der Waals surface area contributed by atoms with E-state index in [-0.39, 0.29) is 11.8 Å². The highest BCUT2D eigenvalue weighted by molar-refractivity contribution is 5.77. The Kier molecular flexibility index (Phi) is 4.30. The van der Waals surface area contributed by atoms with Gasteiger partial charge in [-0.05, 0) is 49.6 Å². The Bertz CT molecular complexity index is 866. The minimum Gasteiger partial charge on any atom is -0.469 e. The zero-order chi connectivity index (χ0) is 17.2. The van der Waals surface area contributed by atoms with Crippen molar-refractivity contribution in [3.63, 3.8) is 0 Å². The van der Waals surface area contributed by atoms with Gasteiger partial charge in [0.1, 0.15) is 11.6 Å². The number of fused-ring (bicyclic) bond motifs is 1. The summed E-state index contributed by atoms with van der Waals surface area (Å²) in [6, 6.07) is 10.0. The molecule has 5 nitrogen and oxygen atoms in total. The number of hydrogen-bond acceptors (Lipinski definition) is 3. The molecule has 0 saturated carbocycles. The van der Waals surface area contributed by atoms with Gasteiger partial charge in [-0.25, -0.2) is 4.98 Å². The highest BCUT2D eigenvalue weighted by Gasteiger charge is 2.26. The molecule has 0 unspecified atom stereocenters. The number of benzene rings is 1. The quantitative estimate of drug-likeness (QED) is 0.787. The first-order valence-electron chi connectivity index (χ1n) is 8.95. The molecule has 5 heteroatoms. The second-order valence-corrected chi connectivity index (χ2v) is 6.90. The number of carbonyl (C=O) groups is 1. The van der Waals surface area contributed by atoms with Gasteiger partial charge in [0.25, 0.3) is 0 Å². The van der Waals surface area contributed by atoms with E-state index in [0.29, 0.717) is 12.8 Å². The molecule has 25 heavy (non-hydrogen) atoms. The fraction of sp³-hybridized carbons (Fsp3) is 0.400. The third kappa shape index (κ3) is 3.45. The summed E-state index contributed by atoms with van der Waals surface area (Å²) in [4.78, 5) is 22.7. The van der Waals surface area contributed by atoms with E-state index in [1.54, 1.807) is 6.26 Å². The number of H-pyrrole nitrogens is 1. The summed E-state index contributed by atoms with van der Waals surface area (Å²) in [6.45, 7) is 3.67. The van der Waals surface area contributed by atoms with Crippen LogP contribution in [0, 0.1) is 6.92 Å². The molecule has 1 aliphatic rings. The second-order valence-electron chi connectivity index (χ2n) is 6.90. The van der Waals surface area contributed by atoms with Gasteiger partial charge in [-0.2, -0.15) is 0 Å². The van der Waals surface area contributed by atoms with Gasteiger partial charge in [0, 0.05) is 31.8 Å². The summed E-state index contributed by atoms with van der Waals surface area (Å²) in [6.07, 6.45) is 4.91. The molecule has 2 aromatic heterocycles. The molecule has 4 rings (SSSR count). The summed E-state index contributed by atoms with van der Waals surface area (Å²) in [7, 11) is 0. The van der Waals surface area contributed by atoms with E-state index < -0.39 is 0 Å². The number of imidazole rings is 1. The molecular formula is C20H23N3O2. The molecule has 3 aromatic rings. The molecule has 0 aliphatic carbocycles. The number of aromatic amines is 1. The van der Waals surface area contributed by atoms with E-state index in [0.717, 1.165) is 48.5 Å². The molecule has 1 N–H and O–H groups in total. The lowest BCUT2D eigenvalue weighted by Crippen LogP contribution is -2.39. The first kappa shape index (κ1) is 15.9. The van der Waals surface area contributed by atoms with Crippen LogP contribution < -0.4 is 0 Å². The van der Waals surface area contributed by atoms with E-state index >= 15 is 0 Å². The van der Waals surface area contributed by atoms with Gasteiger partial charge in [-0.1, -0.05) is 6.07 Å². The van der Waals surface area contributed by atoms with Crippen molar-refractivity contribution in [1.82, 2.24) is 14.9 Å². The van der Waals surface area contributed by atoms with E-state index in [9.17, 15) is 4.79 Å². The number of nitrogens with zero attached hydrogens (tertiary/aromatic N) is 2. The van der Waals surface area contributed by atoms with Crippen LogP contribution in [0.3, 0.4) is 0 Å². The predicted molar refractivity (Wildman–Crippen MR) is 96.4 cm³/mol. The average molecular weight is 337 g/mol. The number of carbonyl (C=O) groups excluding carboxylic acids is 1. The second kappa shape index (κ2) is 6.75. The van der Waals surface area contributed by atoms with Crippen molar-refractivity contribution in [2.24, 2.45) is 0 Å². The van der Waals surface area contributed by atoms with Crippen molar-refractivity contribution < 1.29 is 9.21 Å². The Labute approximate surface area is 147 Å². The number of piperidine rings is 1. The van der Waals surface area contributed by atoms with Crippen molar-refractivity contribution in [3.05, 3.63) is 53.7 Å². The molecule has 0 spiro atoms. The van der Waals surface area contributed by atoms with Gasteiger partial charge in [0.15, 0.2) is 0 Å². The predicted octanol–water partition coefficient (Wildman–Crippen LogP) is 3.80. The SMILES string of the molecule is Cc1ccc2nc([C@H]3CCCN(C(=O)CCc4ccco4)C3)[nH]c2c1. The third-order valence-electron chi connectivity index (χ3n) is 4.98. The Balaban J connectivity index is 1.43. The van der Waals surface area contributed by atoms with Crippen LogP contribution in [-0.4, -0.2) is 33.9 Å². The van der Waals surface area contributed by atoms with Crippen molar-refractivity contribution >= 4 is 16.9 Å². The summed E-state index contributed by atoms with van der Waals surface area (Å²) in [5.74, 6) is 2.36. The van der Waals surface area contributed by atoms with E-state index in [2.05, 4.69) is 30.1 Å². The molecule has 1 aliphatic heterocycles. The van der Waals surface area contributed by atoms with Crippen LogP contribution in [0.1, 0.15) is 42.3 Å². The van der Waals surface area contributed by atoms with Crippen LogP contribution in [0.2, 0.25) is 0 Å². The normalized spacial score (nSPS) is 18.0. The van der Waals surface area contributed by atoms with Crippen LogP contribution in [0.4, 0.5) is 0 Å². The number of aryl methyl sites for hydroxylation is 2. The maximum absolute atomic E-state index is 12.5. The Hall–Kier alpha value is -2.56. The average Bonchev–Trinajstić information content (AvgIpc) is 3.28. The molecule has 1 saturated heterocycles. The highest BCUT2D eigenvalue weighted by atomic mass is 16.3. The maximum Gasteiger partial charge on any atom is 0.223 e. The molecule has 1 fully saturated rings. The van der Waals surface area contributed by atoms with E-state index in [4.69, 9.17) is 9.40 Å². The highest BCUT2D eigenvalue weighted by Crippen LogP contribution is 2.27. The number of aromatic nitrogens is 2. The molecule has 0 bridgehead atoms. The van der Waals surface area contributed by atoms with Crippen LogP contribution in [0.5, 0.6) is 0 Å². The first-order valence-corrected chi connectivity index (χ1v) is 8.95. The summed E-state index contributed by atoms with van der Waals surface area (Å²) >= 11 is 0. The fourth-order valence-corrected chi connectivity index (χ4v) is 3.61.